The highest BCUT2D eigenvalue weighted by molar-refractivity contribution is 5.71. The maximum Gasteiger partial charge on any atom is 0.361 e. The van der Waals surface area contributed by atoms with E-state index < -0.39 is 18.4 Å². The van der Waals surface area contributed by atoms with E-state index >= 15 is 0 Å². The number of carboxylic acid groups (broad SMARTS) is 1. The van der Waals surface area contributed by atoms with E-state index in [1.165, 1.54) is 270 Å². The van der Waals surface area contributed by atoms with Gasteiger partial charge in [-0.2, -0.15) is 0 Å². The highest BCUT2D eigenvalue weighted by atomic mass is 16.7. The standard InChI is InChI=1S/C74H137NO8/c1-6-8-10-12-14-16-18-20-22-24-26-28-30-32-34-35-36-37-39-41-43-45-47-49-51-53-55-57-59-61-63-65-72(77)83-70(69-82-74(73(78)79)80-67-66-75(3,4)5)68-81-71(76)64-62-60-58-56-54-52-50-48-46-44-42-40-38-33-31-29-27-25-23-21-19-17-15-13-11-9-7-2/h18-21,24-27,70,74H,6-17,22-23,28-69H2,1-5H3/p+1/b20-18-,21-19-,26-24-,27-25-. The normalized spacial score (nSPS) is 12.9. The molecule has 0 spiro atoms. The molecule has 0 rings (SSSR count). The van der Waals surface area contributed by atoms with Crippen LogP contribution in [-0.4, -0.2) is 87.4 Å². The van der Waals surface area contributed by atoms with E-state index in [4.69, 9.17) is 18.9 Å². The van der Waals surface area contributed by atoms with Gasteiger partial charge in [-0.15, -0.1) is 0 Å². The molecule has 0 saturated heterocycles. The summed E-state index contributed by atoms with van der Waals surface area (Å²) in [5.74, 6) is -1.98. The second-order valence-corrected chi connectivity index (χ2v) is 25.5. The smallest absolute Gasteiger partial charge is 0.361 e. The molecule has 0 amide bonds. The first-order valence-corrected chi connectivity index (χ1v) is 35.8. The predicted octanol–water partition coefficient (Wildman–Crippen LogP) is 22.1. The average Bonchev–Trinajstić information content (AvgIpc) is 3.46. The van der Waals surface area contributed by atoms with Crippen LogP contribution >= 0.6 is 0 Å². The first-order chi connectivity index (χ1) is 40.6. The van der Waals surface area contributed by atoms with Crippen LogP contribution < -0.4 is 0 Å². The Bertz CT molecular complexity index is 1500. The van der Waals surface area contributed by atoms with Gasteiger partial charge >= 0.3 is 17.9 Å². The summed E-state index contributed by atoms with van der Waals surface area (Å²) in [6, 6.07) is 0. The third kappa shape index (κ3) is 66.6. The summed E-state index contributed by atoms with van der Waals surface area (Å²) in [4.78, 5) is 37.6. The van der Waals surface area contributed by atoms with E-state index in [2.05, 4.69) is 62.5 Å². The maximum atomic E-state index is 13.0. The Kier molecular flexibility index (Phi) is 63.1. The number of esters is 2. The number of quaternary nitrogens is 1. The SMILES string of the molecule is CCCCCCC/C=C\C/C=C\CCCCCCCCCCCCCCCCCCCCCC(=O)OC(COC(=O)CCCCCCCCCCCCCCCCC/C=C\C/C=C\CCCCCCC)COC(OCC[N+](C)(C)C)C(=O)O. The van der Waals surface area contributed by atoms with Gasteiger partial charge in [0.25, 0.3) is 6.29 Å². The summed E-state index contributed by atoms with van der Waals surface area (Å²) in [6.07, 6.45) is 80.8. The zero-order valence-electron chi connectivity index (χ0n) is 55.6. The average molecular weight is 1170 g/mol. The molecule has 0 aromatic heterocycles. The number of aliphatic carboxylic acids is 1. The zero-order chi connectivity index (χ0) is 60.5. The lowest BCUT2D eigenvalue weighted by Crippen LogP contribution is -2.40. The molecule has 1 N–H and O–H groups in total. The van der Waals surface area contributed by atoms with E-state index in [-0.39, 0.29) is 38.2 Å². The van der Waals surface area contributed by atoms with E-state index in [1.54, 1.807) is 0 Å². The fourth-order valence-corrected chi connectivity index (χ4v) is 10.5. The van der Waals surface area contributed by atoms with Gasteiger partial charge < -0.3 is 28.5 Å². The maximum absolute atomic E-state index is 13.0. The Hall–Kier alpha value is -2.75. The molecule has 0 fully saturated rings. The summed E-state index contributed by atoms with van der Waals surface area (Å²) in [6.45, 7) is 4.92. The molecule has 0 aromatic rings. The van der Waals surface area contributed by atoms with Crippen molar-refractivity contribution in [1.82, 2.24) is 0 Å². The molecule has 0 saturated carbocycles. The first-order valence-electron chi connectivity index (χ1n) is 35.8. The number of carbonyl (C=O) groups excluding carboxylic acids is 2. The Morgan fingerprint density at radius 2 is 0.651 bits per heavy atom. The fraction of sp³-hybridized carbons (Fsp3) is 0.851. The van der Waals surface area contributed by atoms with Crippen molar-refractivity contribution in [2.24, 2.45) is 0 Å². The lowest BCUT2D eigenvalue weighted by molar-refractivity contribution is -0.870. The Morgan fingerprint density at radius 1 is 0.361 bits per heavy atom. The number of likely N-dealkylation sites (N-methyl/N-ethyl adjacent to an activating group) is 1. The minimum Gasteiger partial charge on any atom is -0.477 e. The van der Waals surface area contributed by atoms with Crippen LogP contribution in [0.4, 0.5) is 0 Å². The molecule has 0 aliphatic carbocycles. The van der Waals surface area contributed by atoms with Crippen molar-refractivity contribution < 1.29 is 42.9 Å². The van der Waals surface area contributed by atoms with Crippen LogP contribution in [0.2, 0.25) is 0 Å². The van der Waals surface area contributed by atoms with Gasteiger partial charge in [-0.05, 0) is 77.0 Å². The van der Waals surface area contributed by atoms with Crippen LogP contribution in [0.1, 0.15) is 348 Å². The molecule has 0 bridgehead atoms. The van der Waals surface area contributed by atoms with Crippen molar-refractivity contribution in [3.8, 4) is 0 Å². The van der Waals surface area contributed by atoms with Gasteiger partial charge in [0, 0.05) is 12.8 Å². The lowest BCUT2D eigenvalue weighted by Gasteiger charge is -2.25. The van der Waals surface area contributed by atoms with E-state index in [1.807, 2.05) is 21.1 Å². The fourth-order valence-electron chi connectivity index (χ4n) is 10.5. The number of ether oxygens (including phenoxy) is 4. The van der Waals surface area contributed by atoms with Crippen LogP contribution in [0.25, 0.3) is 0 Å². The number of hydrogen-bond acceptors (Lipinski definition) is 7. The minimum atomic E-state index is -1.51. The second-order valence-electron chi connectivity index (χ2n) is 25.5. The molecule has 0 heterocycles. The molecule has 83 heavy (non-hydrogen) atoms. The molecule has 0 aromatic carbocycles. The molecular formula is C74H138NO8+. The van der Waals surface area contributed by atoms with E-state index in [9.17, 15) is 19.5 Å². The third-order valence-electron chi connectivity index (χ3n) is 16.1. The summed E-state index contributed by atoms with van der Waals surface area (Å²) in [7, 11) is 5.99. The monoisotopic (exact) mass is 1170 g/mol. The summed E-state index contributed by atoms with van der Waals surface area (Å²) in [5.41, 5.74) is 0. The summed E-state index contributed by atoms with van der Waals surface area (Å²) >= 11 is 0. The van der Waals surface area contributed by atoms with Crippen LogP contribution in [-0.2, 0) is 33.3 Å². The van der Waals surface area contributed by atoms with Gasteiger partial charge in [-0.1, -0.05) is 306 Å². The van der Waals surface area contributed by atoms with Gasteiger partial charge in [0.15, 0.2) is 6.10 Å². The largest absolute Gasteiger partial charge is 0.477 e. The number of nitrogens with zero attached hydrogens (tertiary/aromatic N) is 1. The molecule has 9 nitrogen and oxygen atoms in total. The van der Waals surface area contributed by atoms with Gasteiger partial charge in [-0.3, -0.25) is 9.59 Å². The lowest BCUT2D eigenvalue weighted by atomic mass is 10.0. The van der Waals surface area contributed by atoms with Gasteiger partial charge in [-0.25, -0.2) is 4.79 Å². The molecule has 2 atom stereocenters. The zero-order valence-corrected chi connectivity index (χ0v) is 55.6. The predicted molar refractivity (Wildman–Crippen MR) is 355 cm³/mol. The van der Waals surface area contributed by atoms with Crippen molar-refractivity contribution in [3.05, 3.63) is 48.6 Å². The molecule has 0 aliphatic rings. The Labute approximate surface area is 514 Å². The van der Waals surface area contributed by atoms with E-state index in [0.717, 1.165) is 51.4 Å². The van der Waals surface area contributed by atoms with Gasteiger partial charge in [0.2, 0.25) is 0 Å². The van der Waals surface area contributed by atoms with Gasteiger partial charge in [0.05, 0.1) is 34.4 Å². The molecule has 2 unspecified atom stereocenters. The molecular weight excluding hydrogens is 1030 g/mol. The second kappa shape index (κ2) is 65.2. The summed E-state index contributed by atoms with van der Waals surface area (Å²) < 4.78 is 23.0. The Morgan fingerprint density at radius 3 is 0.952 bits per heavy atom. The molecule has 9 heteroatoms. The van der Waals surface area contributed by atoms with Crippen LogP contribution in [0, 0.1) is 0 Å². The number of carboxylic acids is 1. The topological polar surface area (TPSA) is 108 Å². The van der Waals surface area contributed by atoms with Crippen molar-refractivity contribution in [2.45, 2.75) is 360 Å². The third-order valence-corrected chi connectivity index (χ3v) is 16.1. The van der Waals surface area contributed by atoms with Crippen molar-refractivity contribution in [3.63, 3.8) is 0 Å². The Balaban J connectivity index is 4.07. The van der Waals surface area contributed by atoms with Crippen LogP contribution in [0.3, 0.4) is 0 Å². The van der Waals surface area contributed by atoms with Crippen molar-refractivity contribution in [2.75, 3.05) is 47.5 Å². The quantitative estimate of drug-likeness (QED) is 0.0211. The number of unbranched alkanes of at least 4 members (excludes halogenated alkanes) is 44. The number of hydrogen-bond donors (Lipinski definition) is 1. The van der Waals surface area contributed by atoms with Crippen molar-refractivity contribution in [1.29, 1.82) is 0 Å². The van der Waals surface area contributed by atoms with Crippen molar-refractivity contribution >= 4 is 17.9 Å². The number of carbonyl (C=O) groups is 3. The highest BCUT2D eigenvalue weighted by Gasteiger charge is 2.25. The van der Waals surface area contributed by atoms with Crippen LogP contribution in [0.5, 0.6) is 0 Å². The summed E-state index contributed by atoms with van der Waals surface area (Å²) in [5, 5.41) is 9.75. The van der Waals surface area contributed by atoms with Gasteiger partial charge in [0.1, 0.15) is 13.2 Å². The molecule has 486 valence electrons. The highest BCUT2D eigenvalue weighted by Crippen LogP contribution is 2.18. The first kappa shape index (κ1) is 80.2. The number of allylic oxidation sites excluding steroid dienone is 8. The van der Waals surface area contributed by atoms with Crippen LogP contribution in [0.15, 0.2) is 48.6 Å². The molecule has 0 radical (unpaired) electrons. The van der Waals surface area contributed by atoms with E-state index in [0.29, 0.717) is 17.4 Å². The minimum absolute atomic E-state index is 0.178. The molecule has 0 aliphatic heterocycles. The number of rotatable bonds is 67.